The van der Waals surface area contributed by atoms with Gasteiger partial charge in [-0.25, -0.2) is 0 Å². The van der Waals surface area contributed by atoms with Gasteiger partial charge in [0.2, 0.25) is 5.91 Å². The van der Waals surface area contributed by atoms with Gasteiger partial charge in [0.1, 0.15) is 5.75 Å². The zero-order valence-electron chi connectivity index (χ0n) is 12.6. The van der Waals surface area contributed by atoms with Gasteiger partial charge in [0, 0.05) is 13.2 Å². The van der Waals surface area contributed by atoms with E-state index in [4.69, 9.17) is 15.2 Å². The molecule has 1 aromatic rings. The summed E-state index contributed by atoms with van der Waals surface area (Å²) >= 11 is 0. The number of anilines is 1. The molecule has 1 unspecified atom stereocenters. The van der Waals surface area contributed by atoms with E-state index in [0.717, 1.165) is 31.6 Å². The van der Waals surface area contributed by atoms with Crippen LogP contribution in [0.5, 0.6) is 5.75 Å². The number of carbonyl (C=O) groups is 1. The van der Waals surface area contributed by atoms with Gasteiger partial charge >= 0.3 is 0 Å². The molecule has 1 saturated heterocycles. The lowest BCUT2D eigenvalue weighted by Crippen LogP contribution is -2.41. The predicted octanol–water partition coefficient (Wildman–Crippen LogP) is 1.80. The van der Waals surface area contributed by atoms with E-state index in [-0.39, 0.29) is 11.8 Å². The third-order valence-corrected chi connectivity index (χ3v) is 3.74. The van der Waals surface area contributed by atoms with Crippen LogP contribution < -0.4 is 15.4 Å². The minimum Gasteiger partial charge on any atom is -0.495 e. The third kappa shape index (κ3) is 3.95. The number of rotatable bonds is 6. The molecule has 1 aliphatic heterocycles. The Morgan fingerprint density at radius 1 is 1.48 bits per heavy atom. The van der Waals surface area contributed by atoms with E-state index >= 15 is 0 Å². The molecule has 2 N–H and O–H groups in total. The van der Waals surface area contributed by atoms with Gasteiger partial charge in [-0.3, -0.25) is 4.79 Å². The summed E-state index contributed by atoms with van der Waals surface area (Å²) in [5.41, 5.74) is 6.42. The van der Waals surface area contributed by atoms with Crippen LogP contribution in [-0.4, -0.2) is 39.3 Å². The van der Waals surface area contributed by atoms with Crippen LogP contribution in [0.15, 0.2) is 24.3 Å². The maximum Gasteiger partial charge on any atom is 0.232 e. The van der Waals surface area contributed by atoms with Crippen LogP contribution in [0, 0.1) is 5.92 Å². The van der Waals surface area contributed by atoms with Crippen LogP contribution in [0.2, 0.25) is 0 Å². The number of carbonyl (C=O) groups excluding carboxylic acids is 1. The van der Waals surface area contributed by atoms with Gasteiger partial charge in [0.25, 0.3) is 0 Å². The fraction of sp³-hybridized carbons (Fsp3) is 0.562. The van der Waals surface area contributed by atoms with Crippen LogP contribution in [0.3, 0.4) is 0 Å². The van der Waals surface area contributed by atoms with Crippen molar-refractivity contribution < 1.29 is 14.3 Å². The summed E-state index contributed by atoms with van der Waals surface area (Å²) in [4.78, 5) is 14.6. The fourth-order valence-electron chi connectivity index (χ4n) is 2.61. The van der Waals surface area contributed by atoms with Crippen molar-refractivity contribution in [2.75, 3.05) is 38.3 Å². The molecule has 5 nitrogen and oxygen atoms in total. The molecule has 0 aromatic heterocycles. The first kappa shape index (κ1) is 15.8. The fourth-order valence-corrected chi connectivity index (χ4v) is 2.61. The van der Waals surface area contributed by atoms with Crippen LogP contribution in [-0.2, 0) is 9.53 Å². The molecular formula is C16H24N2O3. The number of nitrogens with zero attached hydrogens (tertiary/aromatic N) is 1. The highest BCUT2D eigenvalue weighted by Crippen LogP contribution is 2.30. The number of nitrogens with two attached hydrogens (primary N) is 1. The largest absolute Gasteiger partial charge is 0.495 e. The predicted molar refractivity (Wildman–Crippen MR) is 82.6 cm³/mol. The number of methoxy groups -OCH3 is 1. The molecule has 0 radical (unpaired) electrons. The number of ether oxygens (including phenoxy) is 2. The maximum absolute atomic E-state index is 12.8. The topological polar surface area (TPSA) is 64.8 Å². The molecule has 5 heteroatoms. The van der Waals surface area contributed by atoms with Crippen molar-refractivity contribution in [2.45, 2.75) is 19.3 Å². The first-order valence-electron chi connectivity index (χ1n) is 7.50. The van der Waals surface area contributed by atoms with Crippen molar-refractivity contribution in [1.29, 1.82) is 0 Å². The van der Waals surface area contributed by atoms with Crippen LogP contribution in [0.4, 0.5) is 5.69 Å². The van der Waals surface area contributed by atoms with Gasteiger partial charge < -0.3 is 20.1 Å². The van der Waals surface area contributed by atoms with E-state index in [2.05, 4.69) is 0 Å². The van der Waals surface area contributed by atoms with Crippen molar-refractivity contribution in [3.63, 3.8) is 0 Å². The highest BCUT2D eigenvalue weighted by molar-refractivity contribution is 5.96. The summed E-state index contributed by atoms with van der Waals surface area (Å²) in [6, 6.07) is 7.60. The van der Waals surface area contributed by atoms with Gasteiger partial charge in [0.15, 0.2) is 0 Å². The monoisotopic (exact) mass is 292 g/mol. The summed E-state index contributed by atoms with van der Waals surface area (Å²) in [5, 5.41) is 0. The summed E-state index contributed by atoms with van der Waals surface area (Å²) in [6.45, 7) is 2.42. The molecule has 21 heavy (non-hydrogen) atoms. The van der Waals surface area contributed by atoms with E-state index in [9.17, 15) is 4.79 Å². The summed E-state index contributed by atoms with van der Waals surface area (Å²) in [7, 11) is 1.62. The molecule has 116 valence electrons. The molecule has 2 rings (SSSR count). The Bertz CT molecular complexity index is 459. The lowest BCUT2D eigenvalue weighted by Gasteiger charge is -2.30. The van der Waals surface area contributed by atoms with Gasteiger partial charge in [-0.15, -0.1) is 0 Å². The Hall–Kier alpha value is -1.59. The van der Waals surface area contributed by atoms with E-state index in [1.807, 2.05) is 24.3 Å². The number of benzene rings is 1. The summed E-state index contributed by atoms with van der Waals surface area (Å²) in [6.07, 6.45) is 2.58. The standard InChI is InChI=1S/C16H24N2O3/c1-20-15-8-3-2-7-14(15)18(10-5-9-17)16(19)13-6-4-11-21-12-13/h2-3,7-8,13H,4-6,9-12,17H2,1H3. The number of hydrogen-bond donors (Lipinski definition) is 1. The molecule has 0 spiro atoms. The maximum atomic E-state index is 12.8. The van der Waals surface area contributed by atoms with Crippen molar-refractivity contribution in [2.24, 2.45) is 11.7 Å². The molecule has 1 fully saturated rings. The average molecular weight is 292 g/mol. The smallest absolute Gasteiger partial charge is 0.232 e. The lowest BCUT2D eigenvalue weighted by molar-refractivity contribution is -0.126. The minimum absolute atomic E-state index is 0.0681. The van der Waals surface area contributed by atoms with E-state index in [1.165, 1.54) is 0 Å². The van der Waals surface area contributed by atoms with Crippen molar-refractivity contribution in [3.05, 3.63) is 24.3 Å². The minimum atomic E-state index is -0.0681. The molecule has 1 atom stereocenters. The Balaban J connectivity index is 2.22. The molecular weight excluding hydrogens is 268 g/mol. The van der Waals surface area contributed by atoms with Gasteiger partial charge in [-0.2, -0.15) is 0 Å². The second-order valence-electron chi connectivity index (χ2n) is 5.22. The molecule has 1 aliphatic rings. The molecule has 1 heterocycles. The highest BCUT2D eigenvalue weighted by Gasteiger charge is 2.28. The first-order chi connectivity index (χ1) is 10.3. The highest BCUT2D eigenvalue weighted by atomic mass is 16.5. The Labute approximate surface area is 126 Å². The normalized spacial score (nSPS) is 18.3. The van der Waals surface area contributed by atoms with Crippen molar-refractivity contribution in [3.8, 4) is 5.75 Å². The quantitative estimate of drug-likeness (QED) is 0.868. The van der Waals surface area contributed by atoms with E-state index in [1.54, 1.807) is 12.0 Å². The second-order valence-corrected chi connectivity index (χ2v) is 5.22. The van der Waals surface area contributed by atoms with Gasteiger partial charge in [0.05, 0.1) is 25.3 Å². The molecule has 0 aliphatic carbocycles. The van der Waals surface area contributed by atoms with Crippen molar-refractivity contribution >= 4 is 11.6 Å². The van der Waals surface area contributed by atoms with Crippen molar-refractivity contribution in [1.82, 2.24) is 0 Å². The van der Waals surface area contributed by atoms with Gasteiger partial charge in [-0.05, 0) is 37.9 Å². The first-order valence-corrected chi connectivity index (χ1v) is 7.50. The van der Waals surface area contributed by atoms with E-state index < -0.39 is 0 Å². The zero-order valence-corrected chi connectivity index (χ0v) is 12.6. The molecule has 1 aromatic carbocycles. The van der Waals surface area contributed by atoms with Crippen LogP contribution >= 0.6 is 0 Å². The Morgan fingerprint density at radius 2 is 2.29 bits per heavy atom. The molecule has 1 amide bonds. The zero-order chi connectivity index (χ0) is 15.1. The molecule has 0 saturated carbocycles. The number of hydrogen-bond acceptors (Lipinski definition) is 4. The number of para-hydroxylation sites is 2. The lowest BCUT2D eigenvalue weighted by atomic mass is 10.00. The van der Waals surface area contributed by atoms with Gasteiger partial charge in [-0.1, -0.05) is 12.1 Å². The summed E-state index contributed by atoms with van der Waals surface area (Å²) < 4.78 is 10.8. The Kier molecular flexibility index (Phi) is 6.02. The summed E-state index contributed by atoms with van der Waals surface area (Å²) in [5.74, 6) is 0.744. The number of amides is 1. The second kappa shape index (κ2) is 8.00. The molecule has 0 bridgehead atoms. The van der Waals surface area contributed by atoms with Crippen LogP contribution in [0.1, 0.15) is 19.3 Å². The Morgan fingerprint density at radius 3 is 2.95 bits per heavy atom. The SMILES string of the molecule is COc1ccccc1N(CCCN)C(=O)C1CCCOC1. The van der Waals surface area contributed by atoms with E-state index in [0.29, 0.717) is 25.4 Å². The average Bonchev–Trinajstić information content (AvgIpc) is 2.56. The van der Waals surface area contributed by atoms with Crippen LogP contribution in [0.25, 0.3) is 0 Å². The third-order valence-electron chi connectivity index (χ3n) is 3.74.